The molecule has 0 aliphatic carbocycles. The first-order valence-electron chi connectivity index (χ1n) is 6.02. The molecule has 0 fully saturated rings. The highest BCUT2D eigenvalue weighted by Gasteiger charge is 2.11. The molecule has 0 N–H and O–H groups in total. The van der Waals surface area contributed by atoms with Crippen LogP contribution in [0.3, 0.4) is 0 Å². The minimum absolute atomic E-state index is 0.166. The highest BCUT2D eigenvalue weighted by Crippen LogP contribution is 2.22. The summed E-state index contributed by atoms with van der Waals surface area (Å²) >= 11 is 4.85. The van der Waals surface area contributed by atoms with Crippen LogP contribution in [0.2, 0.25) is 0 Å². The lowest BCUT2D eigenvalue weighted by Crippen LogP contribution is -2.27. The molecule has 0 saturated carbocycles. The van der Waals surface area contributed by atoms with Crippen LogP contribution in [-0.2, 0) is 6.42 Å². The van der Waals surface area contributed by atoms with Gasteiger partial charge in [0.15, 0.2) is 5.78 Å². The Morgan fingerprint density at radius 2 is 2.21 bits per heavy atom. The molecule has 0 amide bonds. The van der Waals surface area contributed by atoms with Crippen molar-refractivity contribution in [2.24, 2.45) is 0 Å². The molecule has 0 aromatic carbocycles. The Labute approximate surface area is 125 Å². The van der Waals surface area contributed by atoms with Crippen LogP contribution in [0.15, 0.2) is 40.3 Å². The smallest absolute Gasteiger partial charge is 0.186 e. The topological polar surface area (TPSA) is 33.2 Å². The molecule has 100 valence electrons. The number of hydrogen-bond donors (Lipinski definition) is 0. The van der Waals surface area contributed by atoms with Gasteiger partial charge in [-0.1, -0.05) is 6.07 Å². The van der Waals surface area contributed by atoms with E-state index in [9.17, 15) is 4.79 Å². The fourth-order valence-electron chi connectivity index (χ4n) is 1.72. The van der Waals surface area contributed by atoms with Crippen LogP contribution in [0.4, 0.5) is 0 Å². The molecule has 3 nitrogen and oxygen atoms in total. The second-order valence-corrected chi connectivity index (χ2v) is 6.80. The molecule has 2 aromatic rings. The van der Waals surface area contributed by atoms with E-state index in [2.05, 4.69) is 20.9 Å². The van der Waals surface area contributed by atoms with E-state index in [4.69, 9.17) is 0 Å². The molecular weight excluding hydrogens is 324 g/mol. The van der Waals surface area contributed by atoms with Gasteiger partial charge >= 0.3 is 0 Å². The number of halogens is 1. The molecule has 0 aliphatic rings. The van der Waals surface area contributed by atoms with Crippen molar-refractivity contribution >= 4 is 33.0 Å². The van der Waals surface area contributed by atoms with Gasteiger partial charge in [-0.15, -0.1) is 11.3 Å². The molecule has 0 atom stereocenters. The third-order valence-electron chi connectivity index (χ3n) is 2.74. The zero-order valence-corrected chi connectivity index (χ0v) is 13.1. The normalized spacial score (nSPS) is 10.9. The number of carbonyl (C=O) groups excluding carboxylic acids is 1. The molecule has 0 spiro atoms. The summed E-state index contributed by atoms with van der Waals surface area (Å²) in [5.74, 6) is 0.166. The van der Waals surface area contributed by atoms with Gasteiger partial charge in [-0.2, -0.15) is 0 Å². The Kier molecular flexibility index (Phi) is 5.24. The van der Waals surface area contributed by atoms with E-state index in [1.807, 2.05) is 42.3 Å². The van der Waals surface area contributed by atoms with Crippen LogP contribution in [0.1, 0.15) is 15.4 Å². The summed E-state index contributed by atoms with van der Waals surface area (Å²) in [5.41, 5.74) is 1.06. The van der Waals surface area contributed by atoms with Crippen molar-refractivity contribution in [2.75, 3.05) is 20.1 Å². The van der Waals surface area contributed by atoms with E-state index in [1.165, 1.54) is 11.3 Å². The average Bonchev–Trinajstić information content (AvgIpc) is 2.84. The number of Topliss-reactive ketones (excluding diaryl/α,β-unsaturated/α-hetero) is 1. The van der Waals surface area contributed by atoms with Crippen molar-refractivity contribution in [3.8, 4) is 0 Å². The number of pyridine rings is 1. The molecule has 2 rings (SSSR count). The summed E-state index contributed by atoms with van der Waals surface area (Å²) < 4.78 is 0.993. The predicted octanol–water partition coefficient (Wildman–Crippen LogP) is 3.26. The SMILES string of the molecule is CN(CCc1ccccn1)CC(=O)c1ccc(Br)s1. The number of likely N-dealkylation sites (N-methyl/N-ethyl adjacent to an activating group) is 1. The third kappa shape index (κ3) is 4.53. The maximum atomic E-state index is 12.0. The zero-order valence-electron chi connectivity index (χ0n) is 10.7. The second-order valence-electron chi connectivity index (χ2n) is 4.34. The van der Waals surface area contributed by atoms with Crippen molar-refractivity contribution in [3.63, 3.8) is 0 Å². The van der Waals surface area contributed by atoms with Crippen LogP contribution < -0.4 is 0 Å². The summed E-state index contributed by atoms with van der Waals surface area (Å²) in [6, 6.07) is 9.67. The number of carbonyl (C=O) groups is 1. The molecule has 0 radical (unpaired) electrons. The number of aromatic nitrogens is 1. The van der Waals surface area contributed by atoms with E-state index in [0.717, 1.165) is 27.3 Å². The third-order valence-corrected chi connectivity index (χ3v) is 4.40. The molecule has 0 bridgehead atoms. The van der Waals surface area contributed by atoms with Gasteiger partial charge in [-0.25, -0.2) is 0 Å². The molecular formula is C14H15BrN2OS. The predicted molar refractivity (Wildman–Crippen MR) is 81.8 cm³/mol. The minimum atomic E-state index is 0.166. The number of rotatable bonds is 6. The van der Waals surface area contributed by atoms with E-state index >= 15 is 0 Å². The highest BCUT2D eigenvalue weighted by atomic mass is 79.9. The Bertz CT molecular complexity index is 541. The lowest BCUT2D eigenvalue weighted by molar-refractivity contribution is 0.0950. The standard InChI is InChI=1S/C14H15BrN2OS/c1-17(9-7-11-4-2-3-8-16-11)10-12(18)13-5-6-14(15)19-13/h2-6,8H,7,9-10H2,1H3. The number of thiophene rings is 1. The van der Waals surface area contributed by atoms with Gasteiger partial charge in [0.25, 0.3) is 0 Å². The lowest BCUT2D eigenvalue weighted by atomic mass is 10.2. The summed E-state index contributed by atoms with van der Waals surface area (Å²) in [6.45, 7) is 1.27. The first kappa shape index (κ1) is 14.4. The first-order chi connectivity index (χ1) is 9.15. The maximum absolute atomic E-state index is 12.0. The van der Waals surface area contributed by atoms with Gasteiger partial charge in [-0.3, -0.25) is 14.7 Å². The summed E-state index contributed by atoms with van der Waals surface area (Å²) in [4.78, 5) is 19.1. The monoisotopic (exact) mass is 338 g/mol. The molecule has 0 unspecified atom stereocenters. The highest BCUT2D eigenvalue weighted by molar-refractivity contribution is 9.11. The van der Waals surface area contributed by atoms with Gasteiger partial charge in [0.2, 0.25) is 0 Å². The Morgan fingerprint density at radius 3 is 2.84 bits per heavy atom. The summed E-state index contributed by atoms with van der Waals surface area (Å²) in [6.07, 6.45) is 2.66. The fourth-order valence-corrected chi connectivity index (χ4v) is 3.03. The van der Waals surface area contributed by atoms with E-state index < -0.39 is 0 Å². The lowest BCUT2D eigenvalue weighted by Gasteiger charge is -2.14. The number of hydrogen-bond acceptors (Lipinski definition) is 4. The summed E-state index contributed by atoms with van der Waals surface area (Å²) in [5, 5.41) is 0. The quantitative estimate of drug-likeness (QED) is 0.758. The van der Waals surface area contributed by atoms with Gasteiger partial charge in [-0.05, 0) is 47.2 Å². The maximum Gasteiger partial charge on any atom is 0.186 e. The van der Waals surface area contributed by atoms with Gasteiger partial charge in [0, 0.05) is 24.9 Å². The molecule has 19 heavy (non-hydrogen) atoms. The molecule has 0 aliphatic heterocycles. The van der Waals surface area contributed by atoms with Gasteiger partial charge in [0.05, 0.1) is 15.2 Å². The minimum Gasteiger partial charge on any atom is -0.298 e. The molecule has 2 heterocycles. The van der Waals surface area contributed by atoms with E-state index in [-0.39, 0.29) is 5.78 Å². The number of nitrogens with zero attached hydrogens (tertiary/aromatic N) is 2. The zero-order chi connectivity index (χ0) is 13.7. The Hall–Kier alpha value is -1.04. The van der Waals surface area contributed by atoms with E-state index in [0.29, 0.717) is 6.54 Å². The van der Waals surface area contributed by atoms with Crippen LogP contribution in [-0.4, -0.2) is 35.8 Å². The van der Waals surface area contributed by atoms with Gasteiger partial charge < -0.3 is 0 Å². The second kappa shape index (κ2) is 6.93. The Balaban J connectivity index is 1.81. The fraction of sp³-hybridized carbons (Fsp3) is 0.286. The van der Waals surface area contributed by atoms with Gasteiger partial charge in [0.1, 0.15) is 0 Å². The Morgan fingerprint density at radius 1 is 1.37 bits per heavy atom. The van der Waals surface area contributed by atoms with Crippen LogP contribution in [0.5, 0.6) is 0 Å². The van der Waals surface area contributed by atoms with Crippen LogP contribution in [0.25, 0.3) is 0 Å². The average molecular weight is 339 g/mol. The largest absolute Gasteiger partial charge is 0.298 e. The molecule has 0 saturated heterocycles. The van der Waals surface area contributed by atoms with Crippen LogP contribution in [0, 0.1) is 0 Å². The summed E-state index contributed by atoms with van der Waals surface area (Å²) in [7, 11) is 1.96. The van der Waals surface area contributed by atoms with Crippen molar-refractivity contribution in [2.45, 2.75) is 6.42 Å². The number of ketones is 1. The van der Waals surface area contributed by atoms with E-state index in [1.54, 1.807) is 6.20 Å². The molecule has 5 heteroatoms. The first-order valence-corrected chi connectivity index (χ1v) is 7.63. The van der Waals surface area contributed by atoms with Crippen LogP contribution >= 0.6 is 27.3 Å². The van der Waals surface area contributed by atoms with Crippen molar-refractivity contribution < 1.29 is 4.79 Å². The van der Waals surface area contributed by atoms with Crippen molar-refractivity contribution in [1.29, 1.82) is 0 Å². The van der Waals surface area contributed by atoms with Crippen molar-refractivity contribution in [1.82, 2.24) is 9.88 Å². The van der Waals surface area contributed by atoms with Crippen molar-refractivity contribution in [3.05, 3.63) is 50.9 Å². The molecule has 2 aromatic heterocycles.